The Labute approximate surface area is 245 Å². The first kappa shape index (κ1) is 30.8. The summed E-state index contributed by atoms with van der Waals surface area (Å²) in [4.78, 5) is 19.3. The van der Waals surface area contributed by atoms with E-state index in [1.54, 1.807) is 17.7 Å². The van der Waals surface area contributed by atoms with Crippen molar-refractivity contribution in [2.75, 3.05) is 13.2 Å². The van der Waals surface area contributed by atoms with Crippen LogP contribution in [0, 0.1) is 17.5 Å². The van der Waals surface area contributed by atoms with Crippen LogP contribution in [0.1, 0.15) is 40.1 Å². The molecule has 0 N–H and O–H groups in total. The molecule has 4 aromatic rings. The summed E-state index contributed by atoms with van der Waals surface area (Å²) in [7, 11) is 0.191. The van der Waals surface area contributed by atoms with Gasteiger partial charge in [0.25, 0.3) is 5.91 Å². The van der Waals surface area contributed by atoms with Gasteiger partial charge in [-0.2, -0.15) is 18.3 Å². The Balaban J connectivity index is 1.50. The standard InChI is InChI=1S/C29H31F6N5O2Si/c1-16-25-19(26(38(2)37-25)17-12-21(30)24(32)22(31)13-17)7-9-40(16)28(41)23-18-6-8-39(15-42-10-11-43(3,4)5)27(18)36-14-20(23)29(33,34)35/h6,8,12-14,16H,7,9-11,15H2,1-5H3. The minimum Gasteiger partial charge on any atom is -0.361 e. The SMILES string of the molecule is CC1c2nn(C)c(-c3cc(F)c(F)c(F)c3)c2CCN1C(=O)c1c(C(F)(F)F)cnc2c1ccn2COCC[Si](C)(C)C. The second-order valence-corrected chi connectivity index (χ2v) is 17.6. The van der Waals surface area contributed by atoms with Gasteiger partial charge in [0.05, 0.1) is 28.6 Å². The summed E-state index contributed by atoms with van der Waals surface area (Å²) >= 11 is 0. The van der Waals surface area contributed by atoms with E-state index in [1.165, 1.54) is 22.7 Å². The highest BCUT2D eigenvalue weighted by Crippen LogP contribution is 2.40. The van der Waals surface area contributed by atoms with E-state index in [1.807, 2.05) is 0 Å². The number of pyridine rings is 1. The molecular formula is C29H31F6N5O2Si. The quantitative estimate of drug-likeness (QED) is 0.0968. The molecule has 0 aliphatic carbocycles. The van der Waals surface area contributed by atoms with Crippen LogP contribution in [0.5, 0.6) is 0 Å². The number of hydrogen-bond acceptors (Lipinski definition) is 4. The van der Waals surface area contributed by atoms with Crippen LogP contribution in [0.3, 0.4) is 0 Å². The zero-order chi connectivity index (χ0) is 31.4. The fraction of sp³-hybridized carbons (Fsp3) is 0.414. The molecule has 7 nitrogen and oxygen atoms in total. The molecule has 0 fully saturated rings. The van der Waals surface area contributed by atoms with Gasteiger partial charge in [-0.15, -0.1) is 0 Å². The summed E-state index contributed by atoms with van der Waals surface area (Å²) < 4.78 is 93.0. The summed E-state index contributed by atoms with van der Waals surface area (Å²) in [5.74, 6) is -5.16. The molecule has 5 rings (SSSR count). The molecule has 4 heterocycles. The van der Waals surface area contributed by atoms with Gasteiger partial charge in [-0.05, 0) is 37.6 Å². The number of carbonyl (C=O) groups is 1. The van der Waals surface area contributed by atoms with Crippen LogP contribution in [0.25, 0.3) is 22.3 Å². The van der Waals surface area contributed by atoms with Crippen molar-refractivity contribution in [3.05, 3.63) is 70.4 Å². The van der Waals surface area contributed by atoms with Gasteiger partial charge in [-0.25, -0.2) is 18.2 Å². The zero-order valence-corrected chi connectivity index (χ0v) is 25.3. The number of aromatic nitrogens is 4. The number of aryl methyl sites for hydroxylation is 1. The van der Waals surface area contributed by atoms with Crippen molar-refractivity contribution in [1.29, 1.82) is 0 Å². The van der Waals surface area contributed by atoms with Gasteiger partial charge in [0.2, 0.25) is 0 Å². The number of ether oxygens (including phenoxy) is 1. The molecule has 3 aromatic heterocycles. The van der Waals surface area contributed by atoms with E-state index in [9.17, 15) is 31.1 Å². The number of nitrogens with zero attached hydrogens (tertiary/aromatic N) is 5. The van der Waals surface area contributed by atoms with Gasteiger partial charge >= 0.3 is 6.18 Å². The molecule has 1 aromatic carbocycles. The monoisotopic (exact) mass is 623 g/mol. The van der Waals surface area contributed by atoms with Crippen molar-refractivity contribution in [2.45, 2.75) is 58.0 Å². The predicted octanol–water partition coefficient (Wildman–Crippen LogP) is 6.94. The molecule has 0 radical (unpaired) electrons. The number of fused-ring (bicyclic) bond motifs is 2. The minimum atomic E-state index is -4.85. The van der Waals surface area contributed by atoms with Gasteiger partial charge in [-0.1, -0.05) is 19.6 Å². The van der Waals surface area contributed by atoms with Gasteiger partial charge in [0, 0.05) is 57.2 Å². The molecule has 1 unspecified atom stereocenters. The maximum Gasteiger partial charge on any atom is 0.418 e. The maximum atomic E-state index is 14.2. The number of alkyl halides is 3. The van der Waals surface area contributed by atoms with Crippen LogP contribution in [-0.4, -0.2) is 51.4 Å². The number of amides is 1. The lowest BCUT2D eigenvalue weighted by Gasteiger charge is -2.33. The van der Waals surface area contributed by atoms with E-state index in [0.29, 0.717) is 29.8 Å². The van der Waals surface area contributed by atoms with Crippen molar-refractivity contribution in [1.82, 2.24) is 24.2 Å². The lowest BCUT2D eigenvalue weighted by Crippen LogP contribution is -2.39. The molecule has 1 atom stereocenters. The van der Waals surface area contributed by atoms with Crippen LogP contribution < -0.4 is 0 Å². The third kappa shape index (κ3) is 5.81. The summed E-state index contributed by atoms with van der Waals surface area (Å²) in [6, 6.07) is 3.30. The average molecular weight is 624 g/mol. The number of carbonyl (C=O) groups excluding carboxylic acids is 1. The van der Waals surface area contributed by atoms with E-state index in [-0.39, 0.29) is 36.3 Å². The molecule has 0 saturated heterocycles. The van der Waals surface area contributed by atoms with Crippen molar-refractivity contribution < 1.29 is 35.9 Å². The number of halogens is 6. The van der Waals surface area contributed by atoms with Gasteiger partial charge < -0.3 is 14.2 Å². The van der Waals surface area contributed by atoms with E-state index in [0.717, 1.165) is 18.2 Å². The van der Waals surface area contributed by atoms with E-state index < -0.39 is 54.8 Å². The van der Waals surface area contributed by atoms with Crippen molar-refractivity contribution in [3.8, 4) is 11.3 Å². The highest BCUT2D eigenvalue weighted by atomic mass is 28.3. The van der Waals surface area contributed by atoms with Crippen LogP contribution in [0.4, 0.5) is 26.3 Å². The molecule has 1 amide bonds. The highest BCUT2D eigenvalue weighted by molar-refractivity contribution is 6.76. The number of hydrogen-bond donors (Lipinski definition) is 0. The Morgan fingerprint density at radius 3 is 2.44 bits per heavy atom. The minimum absolute atomic E-state index is 0.0134. The Morgan fingerprint density at radius 2 is 1.81 bits per heavy atom. The highest BCUT2D eigenvalue weighted by Gasteiger charge is 2.41. The molecule has 0 saturated carbocycles. The van der Waals surface area contributed by atoms with E-state index >= 15 is 0 Å². The largest absolute Gasteiger partial charge is 0.418 e. The van der Waals surface area contributed by atoms with Crippen LogP contribution in [0.2, 0.25) is 25.7 Å². The Bertz CT molecular complexity index is 1690. The van der Waals surface area contributed by atoms with Gasteiger partial charge in [-0.3, -0.25) is 9.48 Å². The molecule has 1 aliphatic rings. The number of rotatable bonds is 7. The Morgan fingerprint density at radius 1 is 1.14 bits per heavy atom. The van der Waals surface area contributed by atoms with Crippen molar-refractivity contribution >= 4 is 25.0 Å². The zero-order valence-electron chi connectivity index (χ0n) is 24.3. The molecule has 14 heteroatoms. The Hall–Kier alpha value is -3.65. The van der Waals surface area contributed by atoms with E-state index in [2.05, 4.69) is 29.7 Å². The molecule has 1 aliphatic heterocycles. The second kappa shape index (κ2) is 11.1. The number of benzene rings is 1. The fourth-order valence-electron chi connectivity index (χ4n) is 5.45. The summed E-state index contributed by atoms with van der Waals surface area (Å²) in [5.41, 5.74) is -0.151. The van der Waals surface area contributed by atoms with Crippen molar-refractivity contribution in [3.63, 3.8) is 0 Å². The van der Waals surface area contributed by atoms with Crippen LogP contribution in [0.15, 0.2) is 30.6 Å². The van der Waals surface area contributed by atoms with Crippen molar-refractivity contribution in [2.24, 2.45) is 7.05 Å². The molecule has 230 valence electrons. The topological polar surface area (TPSA) is 65.2 Å². The third-order valence-corrected chi connectivity index (χ3v) is 9.40. The summed E-state index contributed by atoms with van der Waals surface area (Å²) in [6.45, 7) is 8.83. The first-order valence-corrected chi connectivity index (χ1v) is 17.4. The third-order valence-electron chi connectivity index (χ3n) is 7.70. The Kier molecular flexibility index (Phi) is 7.96. The molecule has 0 spiro atoms. The summed E-state index contributed by atoms with van der Waals surface area (Å²) in [6.07, 6.45) is -2.48. The fourth-order valence-corrected chi connectivity index (χ4v) is 6.20. The lowest BCUT2D eigenvalue weighted by molar-refractivity contribution is -0.138. The maximum absolute atomic E-state index is 14.2. The summed E-state index contributed by atoms with van der Waals surface area (Å²) in [5, 5.41) is 4.49. The van der Waals surface area contributed by atoms with Crippen LogP contribution >= 0.6 is 0 Å². The van der Waals surface area contributed by atoms with Gasteiger partial charge in [0.15, 0.2) is 17.5 Å². The van der Waals surface area contributed by atoms with E-state index in [4.69, 9.17) is 4.74 Å². The smallest absolute Gasteiger partial charge is 0.361 e. The predicted molar refractivity (Wildman–Crippen MR) is 151 cm³/mol. The molecule has 43 heavy (non-hydrogen) atoms. The second-order valence-electron chi connectivity index (χ2n) is 11.9. The first-order chi connectivity index (χ1) is 20.1. The van der Waals surface area contributed by atoms with Crippen LogP contribution in [-0.2, 0) is 31.1 Å². The molecular weight excluding hydrogens is 592 g/mol. The molecule has 0 bridgehead atoms. The van der Waals surface area contributed by atoms with Gasteiger partial charge in [0.1, 0.15) is 12.4 Å². The normalized spacial score (nSPS) is 15.8. The average Bonchev–Trinajstić information content (AvgIpc) is 3.48. The first-order valence-electron chi connectivity index (χ1n) is 13.7. The lowest BCUT2D eigenvalue weighted by atomic mass is 9.94.